The van der Waals surface area contributed by atoms with Gasteiger partial charge in [-0.3, -0.25) is 4.79 Å². The maximum atomic E-state index is 11.8. The first-order chi connectivity index (χ1) is 7.54. The summed E-state index contributed by atoms with van der Waals surface area (Å²) in [6.45, 7) is 8.19. The molecule has 94 valence electrons. The van der Waals surface area contributed by atoms with Crippen LogP contribution in [0.5, 0.6) is 0 Å². The third-order valence-electron chi connectivity index (χ3n) is 3.47. The standard InChI is InChI=1S/C13H26N2O/c1-5-11-7-6-8-12(11)15-10(4)13(16)14-9(2)3/h9-12,15H,5-8H2,1-4H3,(H,14,16). The molecule has 0 bridgehead atoms. The van der Waals surface area contributed by atoms with Crippen molar-refractivity contribution in [3.63, 3.8) is 0 Å². The van der Waals surface area contributed by atoms with Crippen molar-refractivity contribution in [3.05, 3.63) is 0 Å². The van der Waals surface area contributed by atoms with Gasteiger partial charge in [-0.15, -0.1) is 0 Å². The molecule has 2 N–H and O–H groups in total. The van der Waals surface area contributed by atoms with Gasteiger partial charge in [0, 0.05) is 12.1 Å². The Labute approximate surface area is 99.4 Å². The van der Waals surface area contributed by atoms with E-state index in [1.807, 2.05) is 20.8 Å². The second kappa shape index (κ2) is 6.24. The van der Waals surface area contributed by atoms with Gasteiger partial charge in [0.05, 0.1) is 6.04 Å². The Bertz CT molecular complexity index is 228. The Morgan fingerprint density at radius 1 is 1.31 bits per heavy atom. The predicted octanol–water partition coefficient (Wildman–Crippen LogP) is 2.07. The molecule has 3 unspecified atom stereocenters. The quantitative estimate of drug-likeness (QED) is 0.753. The number of hydrogen-bond donors (Lipinski definition) is 2. The SMILES string of the molecule is CCC1CCCC1NC(C)C(=O)NC(C)C. The molecule has 0 heterocycles. The molecule has 1 amide bonds. The monoisotopic (exact) mass is 226 g/mol. The van der Waals surface area contributed by atoms with Gasteiger partial charge in [0.2, 0.25) is 5.91 Å². The molecule has 3 nitrogen and oxygen atoms in total. The molecule has 1 saturated carbocycles. The van der Waals surface area contributed by atoms with Gasteiger partial charge in [0.1, 0.15) is 0 Å². The molecule has 0 aliphatic heterocycles. The normalized spacial score (nSPS) is 27.1. The van der Waals surface area contributed by atoms with E-state index in [0.29, 0.717) is 6.04 Å². The fourth-order valence-corrected chi connectivity index (χ4v) is 2.55. The van der Waals surface area contributed by atoms with Gasteiger partial charge < -0.3 is 10.6 Å². The smallest absolute Gasteiger partial charge is 0.237 e. The molecule has 1 rings (SSSR count). The van der Waals surface area contributed by atoms with E-state index in [0.717, 1.165) is 5.92 Å². The Hall–Kier alpha value is -0.570. The predicted molar refractivity (Wildman–Crippen MR) is 67.3 cm³/mol. The van der Waals surface area contributed by atoms with Gasteiger partial charge in [-0.1, -0.05) is 19.8 Å². The van der Waals surface area contributed by atoms with E-state index in [-0.39, 0.29) is 18.0 Å². The highest BCUT2D eigenvalue weighted by atomic mass is 16.2. The molecule has 0 aromatic heterocycles. The van der Waals surface area contributed by atoms with Gasteiger partial charge in [-0.2, -0.15) is 0 Å². The second-order valence-corrected chi connectivity index (χ2v) is 5.26. The van der Waals surface area contributed by atoms with Crippen LogP contribution >= 0.6 is 0 Å². The van der Waals surface area contributed by atoms with E-state index in [9.17, 15) is 4.79 Å². The van der Waals surface area contributed by atoms with E-state index >= 15 is 0 Å². The molecule has 3 atom stereocenters. The molecule has 1 aliphatic rings. The van der Waals surface area contributed by atoms with Crippen molar-refractivity contribution >= 4 is 5.91 Å². The average molecular weight is 226 g/mol. The lowest BCUT2D eigenvalue weighted by atomic mass is 10.00. The molecule has 3 heteroatoms. The van der Waals surface area contributed by atoms with Crippen molar-refractivity contribution in [2.45, 2.75) is 71.5 Å². The van der Waals surface area contributed by atoms with E-state index in [1.54, 1.807) is 0 Å². The summed E-state index contributed by atoms with van der Waals surface area (Å²) in [5, 5.41) is 6.42. The van der Waals surface area contributed by atoms with Crippen LogP contribution in [-0.2, 0) is 4.79 Å². The highest BCUT2D eigenvalue weighted by Crippen LogP contribution is 2.28. The van der Waals surface area contributed by atoms with Crippen LogP contribution in [0, 0.1) is 5.92 Å². The van der Waals surface area contributed by atoms with E-state index in [4.69, 9.17) is 0 Å². The Kier molecular flexibility index (Phi) is 5.26. The van der Waals surface area contributed by atoms with Gasteiger partial charge in [0.15, 0.2) is 0 Å². The molecular formula is C13H26N2O. The average Bonchev–Trinajstić information content (AvgIpc) is 2.64. The van der Waals surface area contributed by atoms with Crippen molar-refractivity contribution < 1.29 is 4.79 Å². The van der Waals surface area contributed by atoms with Crippen LogP contribution in [0.1, 0.15) is 53.4 Å². The summed E-state index contributed by atoms with van der Waals surface area (Å²) in [5.41, 5.74) is 0. The largest absolute Gasteiger partial charge is 0.353 e. The van der Waals surface area contributed by atoms with Crippen molar-refractivity contribution in [1.29, 1.82) is 0 Å². The molecule has 0 saturated heterocycles. The van der Waals surface area contributed by atoms with E-state index in [2.05, 4.69) is 17.6 Å². The highest BCUT2D eigenvalue weighted by molar-refractivity contribution is 5.81. The fourth-order valence-electron chi connectivity index (χ4n) is 2.55. The number of rotatable bonds is 5. The summed E-state index contributed by atoms with van der Waals surface area (Å²) >= 11 is 0. The number of carbonyl (C=O) groups is 1. The first-order valence-corrected chi connectivity index (χ1v) is 6.61. The highest BCUT2D eigenvalue weighted by Gasteiger charge is 2.28. The molecule has 0 aromatic rings. The molecule has 0 spiro atoms. The van der Waals surface area contributed by atoms with Crippen LogP contribution in [0.25, 0.3) is 0 Å². The summed E-state index contributed by atoms with van der Waals surface area (Å²) in [4.78, 5) is 11.8. The second-order valence-electron chi connectivity index (χ2n) is 5.26. The zero-order valence-corrected chi connectivity index (χ0v) is 11.0. The lowest BCUT2D eigenvalue weighted by Crippen LogP contribution is -2.49. The first-order valence-electron chi connectivity index (χ1n) is 6.61. The van der Waals surface area contributed by atoms with Crippen LogP contribution in [-0.4, -0.2) is 24.0 Å². The zero-order valence-electron chi connectivity index (χ0n) is 11.0. The number of hydrogen-bond acceptors (Lipinski definition) is 2. The minimum Gasteiger partial charge on any atom is -0.353 e. The van der Waals surface area contributed by atoms with Crippen LogP contribution in [0.15, 0.2) is 0 Å². The Balaban J connectivity index is 2.38. The lowest BCUT2D eigenvalue weighted by molar-refractivity contribution is -0.123. The zero-order chi connectivity index (χ0) is 12.1. The number of amides is 1. The number of carbonyl (C=O) groups excluding carboxylic acids is 1. The molecule has 0 aromatic carbocycles. The van der Waals surface area contributed by atoms with Gasteiger partial charge in [-0.05, 0) is 39.5 Å². The van der Waals surface area contributed by atoms with Crippen LogP contribution in [0.2, 0.25) is 0 Å². The van der Waals surface area contributed by atoms with Crippen molar-refractivity contribution in [3.8, 4) is 0 Å². The minimum atomic E-state index is -0.0699. The number of nitrogens with one attached hydrogen (secondary N) is 2. The first kappa shape index (κ1) is 13.5. The Morgan fingerprint density at radius 3 is 2.56 bits per heavy atom. The van der Waals surface area contributed by atoms with Gasteiger partial charge in [0.25, 0.3) is 0 Å². The summed E-state index contributed by atoms with van der Waals surface area (Å²) < 4.78 is 0. The van der Waals surface area contributed by atoms with E-state index in [1.165, 1.54) is 25.7 Å². The fraction of sp³-hybridized carbons (Fsp3) is 0.923. The van der Waals surface area contributed by atoms with Crippen LogP contribution in [0.3, 0.4) is 0 Å². The van der Waals surface area contributed by atoms with Crippen LogP contribution < -0.4 is 10.6 Å². The minimum absolute atomic E-state index is 0.0699. The van der Waals surface area contributed by atoms with E-state index < -0.39 is 0 Å². The molecule has 1 aliphatic carbocycles. The molecular weight excluding hydrogens is 200 g/mol. The van der Waals surface area contributed by atoms with Crippen molar-refractivity contribution in [2.24, 2.45) is 5.92 Å². The van der Waals surface area contributed by atoms with Gasteiger partial charge >= 0.3 is 0 Å². The molecule has 1 fully saturated rings. The molecule has 16 heavy (non-hydrogen) atoms. The summed E-state index contributed by atoms with van der Waals surface area (Å²) in [6.07, 6.45) is 5.05. The third-order valence-corrected chi connectivity index (χ3v) is 3.47. The lowest BCUT2D eigenvalue weighted by Gasteiger charge is -2.24. The summed E-state index contributed by atoms with van der Waals surface area (Å²) in [6, 6.07) is 0.694. The summed E-state index contributed by atoms with van der Waals surface area (Å²) in [7, 11) is 0. The van der Waals surface area contributed by atoms with Gasteiger partial charge in [-0.25, -0.2) is 0 Å². The Morgan fingerprint density at radius 2 is 2.00 bits per heavy atom. The third kappa shape index (κ3) is 3.78. The van der Waals surface area contributed by atoms with Crippen molar-refractivity contribution in [1.82, 2.24) is 10.6 Å². The topological polar surface area (TPSA) is 41.1 Å². The summed E-state index contributed by atoms with van der Waals surface area (Å²) in [5.74, 6) is 0.881. The van der Waals surface area contributed by atoms with Crippen LogP contribution in [0.4, 0.5) is 0 Å². The molecule has 0 radical (unpaired) electrons. The maximum absolute atomic E-state index is 11.8. The maximum Gasteiger partial charge on any atom is 0.237 e. The van der Waals surface area contributed by atoms with Crippen molar-refractivity contribution in [2.75, 3.05) is 0 Å².